The first-order valence-electron chi connectivity index (χ1n) is 29.2. The van der Waals surface area contributed by atoms with Gasteiger partial charge in [0.2, 0.25) is 5.24 Å². The van der Waals surface area contributed by atoms with Gasteiger partial charge in [-0.05, 0) is 35.9 Å². The molecule has 0 spiro atoms. The van der Waals surface area contributed by atoms with Crippen LogP contribution in [0, 0.1) is 0 Å². The van der Waals surface area contributed by atoms with Gasteiger partial charge >= 0.3 is 64.5 Å². The smallest absolute Gasteiger partial charge is 0.351 e. The quantitative estimate of drug-likeness (QED) is 0.0150. The lowest BCUT2D eigenvalue weighted by Gasteiger charge is -2.16. The van der Waals surface area contributed by atoms with Crippen LogP contribution < -0.4 is 45.7 Å². The van der Waals surface area contributed by atoms with Crippen LogP contribution in [0.1, 0.15) is 69.9 Å². The third-order valence-electron chi connectivity index (χ3n) is 14.1. The van der Waals surface area contributed by atoms with Crippen molar-refractivity contribution in [2.75, 3.05) is 77.8 Å². The second-order valence-corrected chi connectivity index (χ2v) is 21.3. The second kappa shape index (κ2) is 39.9. The van der Waals surface area contributed by atoms with Gasteiger partial charge in [-0.25, -0.2) is 19.2 Å². The molecule has 4 aromatic heterocycles. The van der Waals surface area contributed by atoms with E-state index in [-0.39, 0.29) is 88.0 Å². The van der Waals surface area contributed by atoms with Crippen LogP contribution in [-0.2, 0) is 90.5 Å². The molecule has 17 N–H and O–H groups in total. The van der Waals surface area contributed by atoms with Crippen molar-refractivity contribution in [3.63, 3.8) is 0 Å². The Hall–Kier alpha value is -9.55. The molecule has 554 valence electrons. The average molecular weight is 1450 g/mol. The Morgan fingerprint density at radius 1 is 0.390 bits per heavy atom. The molecule has 4 fully saturated rings. The van der Waals surface area contributed by atoms with Crippen molar-refractivity contribution in [3.05, 3.63) is 91.0 Å². The predicted octanol–water partition coefficient (Wildman–Crippen LogP) is -8.42. The molecule has 45 heteroatoms. The van der Waals surface area contributed by atoms with E-state index < -0.39 is 175 Å². The Balaban J connectivity index is 0.000000275. The van der Waals surface area contributed by atoms with Crippen LogP contribution in [0.15, 0.2) is 68.2 Å². The molecule has 0 aromatic carbocycles. The van der Waals surface area contributed by atoms with Crippen LogP contribution in [0.25, 0.3) is 0 Å². The van der Waals surface area contributed by atoms with E-state index in [1.54, 1.807) is 0 Å². The Morgan fingerprint density at radius 3 is 0.800 bits per heavy atom. The minimum Gasteiger partial charge on any atom is -0.469 e. The van der Waals surface area contributed by atoms with Gasteiger partial charge in [-0.15, -0.1) is 0 Å². The summed E-state index contributed by atoms with van der Waals surface area (Å²) >= 11 is 4.81. The Labute approximate surface area is 566 Å². The summed E-state index contributed by atoms with van der Waals surface area (Å²) in [5, 5.41) is 87.6. The van der Waals surface area contributed by atoms with Crippen LogP contribution in [0.4, 0.5) is 23.3 Å². The van der Waals surface area contributed by atoms with Crippen LogP contribution >= 0.6 is 11.6 Å². The molecule has 4 aliphatic heterocycles. The van der Waals surface area contributed by atoms with Crippen LogP contribution in [0.3, 0.4) is 0 Å². The van der Waals surface area contributed by atoms with Gasteiger partial charge in [0.1, 0.15) is 123 Å². The molecule has 4 aromatic rings. The molecule has 0 amide bonds. The number of rotatable bonds is 22. The summed E-state index contributed by atoms with van der Waals surface area (Å²) in [4.78, 5) is 148. The van der Waals surface area contributed by atoms with Crippen molar-refractivity contribution < 1.29 is 136 Å². The molecular formula is C55H75ClN12O32. The highest BCUT2D eigenvalue weighted by Gasteiger charge is 2.48. The van der Waals surface area contributed by atoms with E-state index in [4.69, 9.17) is 72.8 Å². The van der Waals surface area contributed by atoms with E-state index >= 15 is 0 Å². The zero-order chi connectivity index (χ0) is 74.8. The number of hydrogen-bond acceptors (Lipinski definition) is 40. The number of aromatic nitrogens is 8. The monoisotopic (exact) mass is 1450 g/mol. The van der Waals surface area contributed by atoms with Crippen LogP contribution in [0.5, 0.6) is 0 Å². The molecule has 44 nitrogen and oxygen atoms in total. The number of nitrogens with two attached hydrogens (primary N) is 4. The summed E-state index contributed by atoms with van der Waals surface area (Å²) in [6.07, 6.45) is -16.0. The Kier molecular flexibility index (Phi) is 33.1. The highest BCUT2D eigenvalue weighted by atomic mass is 35.5. The second-order valence-electron chi connectivity index (χ2n) is 20.9. The van der Waals surface area contributed by atoms with Gasteiger partial charge in [-0.2, -0.15) is 19.9 Å². The summed E-state index contributed by atoms with van der Waals surface area (Å²) < 4.78 is 57.4. The highest BCUT2D eigenvalue weighted by molar-refractivity contribution is 6.64. The average Bonchev–Trinajstić information content (AvgIpc) is 1.67. The lowest BCUT2D eigenvalue weighted by atomic mass is 10.1. The fraction of sp³-hybridized carbons (Fsp3) is 0.564. The van der Waals surface area contributed by atoms with Crippen LogP contribution in [-0.4, -0.2) is 259 Å². The fourth-order valence-corrected chi connectivity index (χ4v) is 8.83. The fourth-order valence-electron chi connectivity index (χ4n) is 8.72. The number of esters is 7. The van der Waals surface area contributed by atoms with Crippen molar-refractivity contribution in [1.29, 1.82) is 0 Å². The van der Waals surface area contributed by atoms with E-state index in [0.29, 0.717) is 0 Å². The van der Waals surface area contributed by atoms with Crippen LogP contribution in [0.2, 0.25) is 0 Å². The number of halogens is 1. The number of ether oxygens (including phenoxy) is 11. The number of aliphatic hydroxyl groups is 9. The molecule has 0 bridgehead atoms. The number of nitrogen functional groups attached to an aromatic ring is 4. The summed E-state index contributed by atoms with van der Waals surface area (Å²) in [5.74, 6) is -4.27. The minimum absolute atomic E-state index is 0.00497. The first kappa shape index (κ1) is 82.9. The number of anilines is 4. The maximum atomic E-state index is 11.8. The van der Waals surface area contributed by atoms with Gasteiger partial charge in [0.15, 0.2) is 24.9 Å². The van der Waals surface area contributed by atoms with Crippen molar-refractivity contribution in [3.8, 4) is 0 Å². The van der Waals surface area contributed by atoms with E-state index in [1.165, 1.54) is 77.5 Å². The predicted molar refractivity (Wildman–Crippen MR) is 327 cm³/mol. The number of aliphatic hydroxyl groups excluding tert-OH is 9. The van der Waals surface area contributed by atoms with Gasteiger partial charge in [-0.1, -0.05) is 0 Å². The van der Waals surface area contributed by atoms with Gasteiger partial charge in [0.05, 0.1) is 73.6 Å². The van der Waals surface area contributed by atoms with Crippen molar-refractivity contribution >= 4 is 81.9 Å². The molecule has 4 aliphatic rings. The number of methoxy groups -OCH3 is 4. The largest absolute Gasteiger partial charge is 0.469 e. The summed E-state index contributed by atoms with van der Waals surface area (Å²) in [6, 6.07) is 5.38. The van der Waals surface area contributed by atoms with E-state index in [2.05, 4.69) is 38.9 Å². The first-order chi connectivity index (χ1) is 47.2. The third kappa shape index (κ3) is 24.4. The molecular weight excluding hydrogens is 1380 g/mol. The molecule has 0 aliphatic carbocycles. The lowest BCUT2D eigenvalue weighted by molar-refractivity contribution is -0.153. The Bertz CT molecular complexity index is 3390. The normalized spacial score (nSPS) is 25.4. The van der Waals surface area contributed by atoms with E-state index in [1.807, 2.05) is 0 Å². The number of carbonyl (C=O) groups excluding carboxylic acids is 8. The summed E-state index contributed by atoms with van der Waals surface area (Å²) in [7, 11) is 4.80. The lowest BCUT2D eigenvalue weighted by Crippen LogP contribution is -2.36. The number of carbonyl (C=O) groups is 8. The van der Waals surface area contributed by atoms with Crippen molar-refractivity contribution in [2.45, 2.75) is 143 Å². The van der Waals surface area contributed by atoms with Gasteiger partial charge in [0, 0.05) is 24.8 Å². The summed E-state index contributed by atoms with van der Waals surface area (Å²) in [6.45, 7) is -1.52. The number of nitrogens with zero attached hydrogens (tertiary/aromatic N) is 8. The van der Waals surface area contributed by atoms with Gasteiger partial charge < -0.3 is 121 Å². The van der Waals surface area contributed by atoms with Crippen molar-refractivity contribution in [2.24, 2.45) is 0 Å². The van der Waals surface area contributed by atoms with E-state index in [0.717, 1.165) is 18.3 Å². The van der Waals surface area contributed by atoms with Gasteiger partial charge in [-0.3, -0.25) is 56.6 Å². The van der Waals surface area contributed by atoms with E-state index in [9.17, 15) is 98.4 Å². The molecule has 16 atom stereocenters. The topological polar surface area (TPSA) is 664 Å². The molecule has 8 heterocycles. The van der Waals surface area contributed by atoms with Crippen molar-refractivity contribution in [1.82, 2.24) is 38.2 Å². The maximum Gasteiger partial charge on any atom is 0.351 e. The SMILES string of the molecule is COC(=O)CC(=O)Cl.COC(=O)CCC(=O)OC[C@H]1O[C@@H](n2ccc(N)nc2=O)[C@@H](O)[C@@H]1O.COC(=O)CCC(=O)OC[C@H]1O[C@@H](n2ccc(N)nc2=O)[C@@H](O)[C@@H]1O.COC(=O)CCC(=O)OC[C@H]1O[C@@H](n2ccc(N)nc2=O)[C@@H](O)[C@@H]1O.Nc1ccn([C@@H]2O[C@H](CO)[C@@H](O)[C@@H]2O)c(=O)n1. The standard InChI is InChI=1S/3C14H19N3O8.C9H13N3O5.C4H5ClO3/c3*1-23-9(18)2-3-10(19)24-6-7-11(20)12(21)13(25-7)17-5-4-8(15)16-14(17)22;10-5-1-2-12(9(16)11-5)8-7(15)6(14)4(3-13)17-8;1-8-4(7)2-3(5)6/h3*4-5,7,11-13,20-21H,2-3,6H2,1H3,(H2,15,16,22);1-2,4,6-8,13-15H,3H2,(H2,10,11,16);2H2,1H3/t3*7-,11-,12+,13-;4-,6-,7+,8-;/m1111./s1. The maximum absolute atomic E-state index is 11.8. The molecule has 8 rings (SSSR count). The highest BCUT2D eigenvalue weighted by Crippen LogP contribution is 2.32. The Morgan fingerprint density at radius 2 is 0.610 bits per heavy atom. The zero-order valence-corrected chi connectivity index (χ0v) is 54.1. The van der Waals surface area contributed by atoms with Gasteiger partial charge in [0.25, 0.3) is 0 Å². The molecule has 0 radical (unpaired) electrons. The molecule has 100 heavy (non-hydrogen) atoms. The third-order valence-corrected chi connectivity index (χ3v) is 14.2. The zero-order valence-electron chi connectivity index (χ0n) is 53.3. The molecule has 4 saturated heterocycles. The number of hydrogen-bond donors (Lipinski definition) is 13. The summed E-state index contributed by atoms with van der Waals surface area (Å²) in [5.41, 5.74) is 18.5. The molecule has 0 saturated carbocycles. The molecule has 0 unspecified atom stereocenters. The minimum atomic E-state index is -1.43. The first-order valence-corrected chi connectivity index (χ1v) is 29.6.